The molecule has 0 spiro atoms. The maximum Gasteiger partial charge on any atom is 0.159 e. The molecule has 1 unspecified atom stereocenters. The lowest BCUT2D eigenvalue weighted by Crippen LogP contribution is -2.37. The molecule has 1 aliphatic heterocycles. The van der Waals surface area contributed by atoms with Crippen LogP contribution in [0.4, 0.5) is 0 Å². The predicted molar refractivity (Wildman–Crippen MR) is 79.0 cm³/mol. The quantitative estimate of drug-likeness (QED) is 0.944. The van der Waals surface area contributed by atoms with Gasteiger partial charge in [0.25, 0.3) is 0 Å². The van der Waals surface area contributed by atoms with E-state index in [1.54, 1.807) is 12.4 Å². The van der Waals surface area contributed by atoms with Crippen molar-refractivity contribution in [2.45, 2.75) is 18.9 Å². The molecule has 1 atom stereocenters. The number of rotatable bonds is 3. The summed E-state index contributed by atoms with van der Waals surface area (Å²) < 4.78 is 5.86. The van der Waals surface area contributed by atoms with Gasteiger partial charge < -0.3 is 10.1 Å². The number of halogens is 1. The summed E-state index contributed by atoms with van der Waals surface area (Å²) in [5.74, 6) is 1.40. The molecule has 0 saturated carbocycles. The molecule has 2 heterocycles. The number of hydrogen-bond acceptors (Lipinski definition) is 4. The third-order valence-corrected chi connectivity index (χ3v) is 3.54. The van der Waals surface area contributed by atoms with Crippen LogP contribution in [0.2, 0.25) is 5.02 Å². The highest BCUT2D eigenvalue weighted by Gasteiger charge is 2.14. The molecule has 0 aliphatic carbocycles. The molecule has 0 radical (unpaired) electrons. The third-order valence-electron chi connectivity index (χ3n) is 3.28. The van der Waals surface area contributed by atoms with Crippen LogP contribution in [-0.2, 0) is 0 Å². The van der Waals surface area contributed by atoms with E-state index in [0.29, 0.717) is 10.8 Å². The van der Waals surface area contributed by atoms with Crippen molar-refractivity contribution in [3.63, 3.8) is 0 Å². The fourth-order valence-corrected chi connectivity index (χ4v) is 2.36. The average molecular weight is 290 g/mol. The third kappa shape index (κ3) is 3.26. The monoisotopic (exact) mass is 289 g/mol. The number of benzene rings is 1. The minimum absolute atomic E-state index is 0.216. The van der Waals surface area contributed by atoms with Gasteiger partial charge in [-0.3, -0.25) is 0 Å². The van der Waals surface area contributed by atoms with E-state index in [0.717, 1.165) is 37.2 Å². The molecule has 3 rings (SSSR count). The van der Waals surface area contributed by atoms with Gasteiger partial charge in [-0.15, -0.1) is 0 Å². The Labute approximate surface area is 123 Å². The molecule has 104 valence electrons. The van der Waals surface area contributed by atoms with Gasteiger partial charge in [0, 0.05) is 17.1 Å². The van der Waals surface area contributed by atoms with Gasteiger partial charge in [0.2, 0.25) is 0 Å². The summed E-state index contributed by atoms with van der Waals surface area (Å²) in [6.07, 6.45) is 5.89. The number of hydrogen-bond donors (Lipinski definition) is 1. The van der Waals surface area contributed by atoms with Crippen LogP contribution in [0.5, 0.6) is 5.75 Å². The Morgan fingerprint density at radius 3 is 2.55 bits per heavy atom. The van der Waals surface area contributed by atoms with Crippen LogP contribution in [0.15, 0.2) is 36.7 Å². The Kier molecular flexibility index (Phi) is 4.14. The molecule has 5 heteroatoms. The van der Waals surface area contributed by atoms with Gasteiger partial charge in [-0.1, -0.05) is 11.6 Å². The largest absolute Gasteiger partial charge is 0.486 e. The van der Waals surface area contributed by atoms with E-state index in [4.69, 9.17) is 16.3 Å². The molecule has 20 heavy (non-hydrogen) atoms. The molecule has 2 aromatic rings. The minimum atomic E-state index is 0.216. The van der Waals surface area contributed by atoms with Gasteiger partial charge >= 0.3 is 0 Å². The lowest BCUT2D eigenvalue weighted by molar-refractivity contribution is 0.166. The van der Waals surface area contributed by atoms with Gasteiger partial charge in [0.15, 0.2) is 11.6 Å². The molecule has 1 fully saturated rings. The highest BCUT2D eigenvalue weighted by Crippen LogP contribution is 2.20. The second kappa shape index (κ2) is 6.20. The zero-order chi connectivity index (χ0) is 13.8. The molecule has 1 aromatic carbocycles. The van der Waals surface area contributed by atoms with Gasteiger partial charge in [-0.25, -0.2) is 9.97 Å². The molecule has 0 bridgehead atoms. The summed E-state index contributed by atoms with van der Waals surface area (Å²) in [5.41, 5.74) is 0.945. The number of piperidine rings is 1. The topological polar surface area (TPSA) is 47.0 Å². The van der Waals surface area contributed by atoms with Crippen molar-refractivity contribution >= 4 is 11.6 Å². The van der Waals surface area contributed by atoms with Gasteiger partial charge in [-0.05, 0) is 43.7 Å². The lowest BCUT2D eigenvalue weighted by atomic mass is 10.1. The van der Waals surface area contributed by atoms with Crippen molar-refractivity contribution in [3.8, 4) is 17.1 Å². The summed E-state index contributed by atoms with van der Waals surface area (Å²) in [4.78, 5) is 8.69. The maximum absolute atomic E-state index is 5.87. The lowest BCUT2D eigenvalue weighted by Gasteiger charge is -2.23. The van der Waals surface area contributed by atoms with E-state index in [2.05, 4.69) is 15.3 Å². The average Bonchev–Trinajstić information content (AvgIpc) is 2.50. The first-order valence-corrected chi connectivity index (χ1v) is 7.14. The van der Waals surface area contributed by atoms with E-state index >= 15 is 0 Å². The van der Waals surface area contributed by atoms with E-state index in [9.17, 15) is 0 Å². The Morgan fingerprint density at radius 2 is 1.90 bits per heavy atom. The van der Waals surface area contributed by atoms with Crippen molar-refractivity contribution in [1.82, 2.24) is 15.3 Å². The first-order chi connectivity index (χ1) is 9.81. The first kappa shape index (κ1) is 13.3. The standard InChI is InChI=1S/C15H16ClN3O/c16-12-5-3-11(4-6-12)15-18-9-14(10-19-15)20-13-2-1-7-17-8-13/h3-6,9-10,13,17H,1-2,7-8H2. The Bertz CT molecular complexity index is 550. The summed E-state index contributed by atoms with van der Waals surface area (Å²) in [7, 11) is 0. The van der Waals surface area contributed by atoms with E-state index in [1.807, 2.05) is 24.3 Å². The molecular formula is C15H16ClN3O. The Hall–Kier alpha value is -1.65. The Balaban J connectivity index is 1.69. The minimum Gasteiger partial charge on any atom is -0.486 e. The highest BCUT2D eigenvalue weighted by atomic mass is 35.5. The van der Waals surface area contributed by atoms with Crippen molar-refractivity contribution in [1.29, 1.82) is 0 Å². The second-order valence-electron chi connectivity index (χ2n) is 4.84. The number of aromatic nitrogens is 2. The van der Waals surface area contributed by atoms with Crippen LogP contribution >= 0.6 is 11.6 Å². The van der Waals surface area contributed by atoms with E-state index in [1.165, 1.54) is 0 Å². The summed E-state index contributed by atoms with van der Waals surface area (Å²) >= 11 is 5.87. The molecular weight excluding hydrogens is 274 g/mol. The zero-order valence-electron chi connectivity index (χ0n) is 11.1. The SMILES string of the molecule is Clc1ccc(-c2ncc(OC3CCCNC3)cn2)cc1. The molecule has 1 aliphatic rings. The smallest absolute Gasteiger partial charge is 0.159 e. The van der Waals surface area contributed by atoms with E-state index in [-0.39, 0.29) is 6.10 Å². The van der Waals surface area contributed by atoms with E-state index < -0.39 is 0 Å². The number of nitrogens with one attached hydrogen (secondary N) is 1. The molecule has 1 saturated heterocycles. The number of nitrogens with zero attached hydrogens (tertiary/aromatic N) is 2. The van der Waals surface area contributed by atoms with Crippen LogP contribution in [0.3, 0.4) is 0 Å². The van der Waals surface area contributed by atoms with Crippen molar-refractivity contribution < 1.29 is 4.74 Å². The highest BCUT2D eigenvalue weighted by molar-refractivity contribution is 6.30. The fraction of sp³-hybridized carbons (Fsp3) is 0.333. The molecule has 1 N–H and O–H groups in total. The van der Waals surface area contributed by atoms with Crippen LogP contribution in [0, 0.1) is 0 Å². The summed E-state index contributed by atoms with van der Waals surface area (Å²) in [6, 6.07) is 7.48. The van der Waals surface area contributed by atoms with Crippen LogP contribution < -0.4 is 10.1 Å². The second-order valence-corrected chi connectivity index (χ2v) is 5.27. The molecule has 0 amide bonds. The van der Waals surface area contributed by atoms with Crippen molar-refractivity contribution in [3.05, 3.63) is 41.7 Å². The van der Waals surface area contributed by atoms with Gasteiger partial charge in [0.1, 0.15) is 6.10 Å². The first-order valence-electron chi connectivity index (χ1n) is 6.76. The van der Waals surface area contributed by atoms with Crippen molar-refractivity contribution in [2.24, 2.45) is 0 Å². The summed E-state index contributed by atoms with van der Waals surface area (Å²) in [5, 5.41) is 4.03. The Morgan fingerprint density at radius 1 is 1.15 bits per heavy atom. The zero-order valence-corrected chi connectivity index (χ0v) is 11.8. The summed E-state index contributed by atoms with van der Waals surface area (Å²) in [6.45, 7) is 1.96. The molecule has 4 nitrogen and oxygen atoms in total. The maximum atomic E-state index is 5.87. The van der Waals surface area contributed by atoms with Crippen LogP contribution in [0.25, 0.3) is 11.4 Å². The van der Waals surface area contributed by atoms with Crippen molar-refractivity contribution in [2.75, 3.05) is 13.1 Å². The van der Waals surface area contributed by atoms with Crippen LogP contribution in [0.1, 0.15) is 12.8 Å². The van der Waals surface area contributed by atoms with Crippen LogP contribution in [-0.4, -0.2) is 29.2 Å². The predicted octanol–water partition coefficient (Wildman–Crippen LogP) is 2.93. The number of ether oxygens (including phenoxy) is 1. The van der Waals surface area contributed by atoms with Gasteiger partial charge in [0.05, 0.1) is 12.4 Å². The van der Waals surface area contributed by atoms with Gasteiger partial charge in [-0.2, -0.15) is 0 Å². The fourth-order valence-electron chi connectivity index (χ4n) is 2.24. The normalized spacial score (nSPS) is 18.8. The molecule has 1 aromatic heterocycles.